The molecule has 3 aromatic carbocycles. The van der Waals surface area contributed by atoms with Crippen molar-refractivity contribution in [3.63, 3.8) is 0 Å². The van der Waals surface area contributed by atoms with Crippen LogP contribution in [0.3, 0.4) is 0 Å². The van der Waals surface area contributed by atoms with Gasteiger partial charge in [-0.3, -0.25) is 14.8 Å². The minimum Gasteiger partial charge on any atom is -0.495 e. The average molecular weight is 616 g/mol. The number of carbonyl (C=O) groups excluding carboxylic acids is 1. The molecular weight excluding hydrogens is 584 g/mol. The van der Waals surface area contributed by atoms with Crippen LogP contribution in [0.2, 0.25) is 0 Å². The number of aliphatic imine (C=N–C) groups is 1. The molecular formula is C34H31F2N3O6. The van der Waals surface area contributed by atoms with Gasteiger partial charge >= 0.3 is 0 Å². The van der Waals surface area contributed by atoms with Crippen LogP contribution in [0.5, 0.6) is 28.7 Å². The fourth-order valence-corrected chi connectivity index (χ4v) is 5.41. The molecule has 6 rings (SSSR count). The van der Waals surface area contributed by atoms with Crippen molar-refractivity contribution in [3.05, 3.63) is 89.3 Å². The average Bonchev–Trinajstić information content (AvgIpc) is 3.05. The molecule has 0 radical (unpaired) electrons. The topological polar surface area (TPSA) is 101 Å². The summed E-state index contributed by atoms with van der Waals surface area (Å²) in [4.78, 5) is 22.3. The van der Waals surface area contributed by atoms with Crippen LogP contribution in [0.1, 0.15) is 24.0 Å². The van der Waals surface area contributed by atoms with Gasteiger partial charge in [0, 0.05) is 24.0 Å². The molecule has 2 aliphatic rings. The van der Waals surface area contributed by atoms with Gasteiger partial charge in [0.05, 0.1) is 31.2 Å². The van der Waals surface area contributed by atoms with E-state index in [0.717, 1.165) is 11.1 Å². The molecule has 1 amide bonds. The summed E-state index contributed by atoms with van der Waals surface area (Å²) in [7, 11) is 2.99. The zero-order valence-corrected chi connectivity index (χ0v) is 25.0. The Morgan fingerprint density at radius 2 is 1.80 bits per heavy atom. The Morgan fingerprint density at radius 3 is 2.56 bits per heavy atom. The number of benzene rings is 3. The van der Waals surface area contributed by atoms with Crippen molar-refractivity contribution in [1.29, 1.82) is 0 Å². The number of halogens is 2. The second-order valence-electron chi connectivity index (χ2n) is 10.6. The minimum atomic E-state index is -0.696. The molecule has 1 N–H and O–H groups in total. The molecule has 232 valence electrons. The maximum absolute atomic E-state index is 15.4. The number of fused-ring (bicyclic) bond motifs is 3. The van der Waals surface area contributed by atoms with Crippen molar-refractivity contribution in [2.75, 3.05) is 32.8 Å². The number of pyridine rings is 1. The van der Waals surface area contributed by atoms with E-state index in [-0.39, 0.29) is 29.0 Å². The van der Waals surface area contributed by atoms with Gasteiger partial charge < -0.3 is 29.0 Å². The van der Waals surface area contributed by atoms with Crippen molar-refractivity contribution in [2.24, 2.45) is 4.99 Å². The fraction of sp³-hybridized carbons (Fsp3) is 0.265. The summed E-state index contributed by atoms with van der Waals surface area (Å²) in [5, 5.41) is 3.23. The molecule has 1 unspecified atom stereocenters. The van der Waals surface area contributed by atoms with Gasteiger partial charge in [-0.1, -0.05) is 6.07 Å². The predicted molar refractivity (Wildman–Crippen MR) is 165 cm³/mol. The highest BCUT2D eigenvalue weighted by molar-refractivity contribution is 6.48. The fourth-order valence-electron chi connectivity index (χ4n) is 5.41. The number of rotatable bonds is 9. The summed E-state index contributed by atoms with van der Waals surface area (Å²) in [5.41, 5.74) is 2.76. The van der Waals surface area contributed by atoms with E-state index >= 15 is 4.39 Å². The van der Waals surface area contributed by atoms with Gasteiger partial charge in [0.25, 0.3) is 5.91 Å². The molecule has 0 saturated carbocycles. The number of aryl methyl sites for hydroxylation is 2. The first-order valence-corrected chi connectivity index (χ1v) is 14.5. The maximum Gasteiger partial charge on any atom is 0.277 e. The SMILES string of the molecule is COC1=CCC(CCc2ccc(F)cc2C)N=C1C(=O)Nc1ccc(Oc2ccnc3cc(OC)c4c(c23)OCCO4)c(F)c1. The van der Waals surface area contributed by atoms with Crippen LogP contribution in [0.15, 0.2) is 71.6 Å². The molecule has 45 heavy (non-hydrogen) atoms. The monoisotopic (exact) mass is 615 g/mol. The number of ether oxygens (including phenoxy) is 5. The van der Waals surface area contributed by atoms with E-state index in [2.05, 4.69) is 15.3 Å². The molecule has 1 atom stereocenters. The molecule has 11 heteroatoms. The first-order chi connectivity index (χ1) is 21.8. The van der Waals surface area contributed by atoms with Gasteiger partial charge in [-0.2, -0.15) is 0 Å². The molecule has 1 aromatic heterocycles. The van der Waals surface area contributed by atoms with Crippen LogP contribution in [-0.4, -0.2) is 50.1 Å². The lowest BCUT2D eigenvalue weighted by Crippen LogP contribution is -2.29. The smallest absolute Gasteiger partial charge is 0.277 e. The third-order valence-corrected chi connectivity index (χ3v) is 7.68. The molecule has 0 bridgehead atoms. The predicted octanol–water partition coefficient (Wildman–Crippen LogP) is 6.71. The summed E-state index contributed by atoms with van der Waals surface area (Å²) < 4.78 is 57.3. The number of carbonyl (C=O) groups is 1. The Labute approximate surface area is 258 Å². The van der Waals surface area contributed by atoms with E-state index in [1.165, 1.54) is 44.6 Å². The standard InChI is InChI=1S/C34H31F2N3O6/c1-19-16-21(35)6-4-20(19)5-7-22-8-11-28(41-2)31(38-22)34(40)39-23-9-10-26(24(36)17-23)45-27-12-13-37-25-18-29(42-3)32-33(30(25)27)44-15-14-43-32/h4,6,9-13,16-18,22H,5,7-8,14-15H2,1-3H3,(H,39,40). The highest BCUT2D eigenvalue weighted by Crippen LogP contribution is 2.48. The Morgan fingerprint density at radius 1 is 0.978 bits per heavy atom. The first kappa shape index (κ1) is 29.9. The van der Waals surface area contributed by atoms with E-state index in [4.69, 9.17) is 23.7 Å². The largest absolute Gasteiger partial charge is 0.495 e. The number of anilines is 1. The van der Waals surface area contributed by atoms with Gasteiger partial charge in [0.1, 0.15) is 30.5 Å². The molecule has 0 aliphatic carbocycles. The van der Waals surface area contributed by atoms with Crippen molar-refractivity contribution in [3.8, 4) is 28.7 Å². The van der Waals surface area contributed by atoms with E-state index in [1.54, 1.807) is 24.4 Å². The second-order valence-corrected chi connectivity index (χ2v) is 10.6. The number of nitrogens with zero attached hydrogens (tertiary/aromatic N) is 2. The normalized spacial score (nSPS) is 15.6. The van der Waals surface area contributed by atoms with Gasteiger partial charge in [-0.25, -0.2) is 8.78 Å². The van der Waals surface area contributed by atoms with Crippen molar-refractivity contribution in [2.45, 2.75) is 32.2 Å². The van der Waals surface area contributed by atoms with Crippen LogP contribution in [0.25, 0.3) is 10.9 Å². The molecule has 0 saturated heterocycles. The van der Waals surface area contributed by atoms with Crippen molar-refractivity contribution >= 4 is 28.2 Å². The summed E-state index contributed by atoms with van der Waals surface area (Å²) in [6.45, 7) is 2.55. The number of hydrogen-bond donors (Lipinski definition) is 1. The summed E-state index contributed by atoms with van der Waals surface area (Å²) in [6.07, 6.45) is 5.30. The van der Waals surface area contributed by atoms with Crippen LogP contribution in [-0.2, 0) is 16.0 Å². The maximum atomic E-state index is 15.4. The molecule has 2 aliphatic heterocycles. The molecule has 4 aromatic rings. The van der Waals surface area contributed by atoms with Gasteiger partial charge in [0.2, 0.25) is 5.75 Å². The summed E-state index contributed by atoms with van der Waals surface area (Å²) in [6, 6.07) is 12.0. The number of nitrogens with one attached hydrogen (secondary N) is 1. The van der Waals surface area contributed by atoms with Crippen LogP contribution in [0.4, 0.5) is 14.5 Å². The van der Waals surface area contributed by atoms with Gasteiger partial charge in [-0.15, -0.1) is 0 Å². The first-order valence-electron chi connectivity index (χ1n) is 14.5. The number of dihydropyridines is 1. The zero-order valence-electron chi connectivity index (χ0n) is 25.0. The third kappa shape index (κ3) is 6.24. The lowest BCUT2D eigenvalue weighted by atomic mass is 9.97. The van der Waals surface area contributed by atoms with Crippen molar-refractivity contribution < 1.29 is 37.3 Å². The number of methoxy groups -OCH3 is 2. The Hall–Kier alpha value is -5.19. The quantitative estimate of drug-likeness (QED) is 0.223. The van der Waals surface area contributed by atoms with E-state index in [0.29, 0.717) is 72.1 Å². The highest BCUT2D eigenvalue weighted by Gasteiger charge is 2.26. The van der Waals surface area contributed by atoms with Crippen LogP contribution < -0.4 is 24.3 Å². The highest BCUT2D eigenvalue weighted by atomic mass is 19.1. The van der Waals surface area contributed by atoms with Gasteiger partial charge in [0.15, 0.2) is 28.8 Å². The molecule has 3 heterocycles. The summed E-state index contributed by atoms with van der Waals surface area (Å²) in [5.74, 6) is 0.396. The number of hydrogen-bond acceptors (Lipinski definition) is 8. The van der Waals surface area contributed by atoms with Gasteiger partial charge in [-0.05, 0) is 73.7 Å². The van der Waals surface area contributed by atoms with Crippen molar-refractivity contribution in [1.82, 2.24) is 4.98 Å². The number of aromatic nitrogens is 1. The lowest BCUT2D eigenvalue weighted by molar-refractivity contribution is -0.110. The van der Waals surface area contributed by atoms with E-state index < -0.39 is 11.7 Å². The van der Waals surface area contributed by atoms with Crippen LogP contribution in [0, 0.1) is 18.6 Å². The van der Waals surface area contributed by atoms with Crippen LogP contribution >= 0.6 is 0 Å². The van der Waals surface area contributed by atoms with E-state index in [9.17, 15) is 9.18 Å². The lowest BCUT2D eigenvalue weighted by Gasteiger charge is -2.23. The zero-order chi connectivity index (χ0) is 31.5. The molecule has 9 nitrogen and oxygen atoms in total. The Bertz CT molecular complexity index is 1840. The molecule has 0 spiro atoms. The second kappa shape index (κ2) is 12.8. The summed E-state index contributed by atoms with van der Waals surface area (Å²) >= 11 is 0. The molecule has 0 fully saturated rings. The van der Waals surface area contributed by atoms with E-state index in [1.807, 2.05) is 13.0 Å². The minimum absolute atomic E-state index is 0.0644. The Balaban J connectivity index is 1.19. The third-order valence-electron chi connectivity index (χ3n) is 7.68. The number of amides is 1. The Kier molecular flexibility index (Phi) is 8.50.